The zero-order valence-corrected chi connectivity index (χ0v) is 7.07. The van der Waals surface area contributed by atoms with Crippen molar-refractivity contribution in [2.75, 3.05) is 4.99 Å². The van der Waals surface area contributed by atoms with Crippen molar-refractivity contribution in [1.29, 1.82) is 0 Å². The fraction of sp³-hybridized carbons (Fsp3) is 1.00. The normalized spacial score (nSPS) is 10.8. The molecule has 0 fully saturated rings. The first-order valence-electron chi connectivity index (χ1n) is 1.09. The van der Waals surface area contributed by atoms with Crippen LogP contribution in [0.4, 0.5) is 0 Å². The summed E-state index contributed by atoms with van der Waals surface area (Å²) < 4.78 is 0. The summed E-state index contributed by atoms with van der Waals surface area (Å²) in [5, 5.41) is 0. The van der Waals surface area contributed by atoms with Gasteiger partial charge in [0.15, 0.2) is 0 Å². The zero-order valence-electron chi connectivity index (χ0n) is 2.46. The third kappa shape index (κ3) is 5.55. The summed E-state index contributed by atoms with van der Waals surface area (Å²) in [7, 11) is 5.90. The molecule has 4 heteroatoms. The Balaban J connectivity index is 2.19. The van der Waals surface area contributed by atoms with Gasteiger partial charge in [0.05, 0.1) is 0 Å². The molecule has 2 radical (unpaired) electrons. The van der Waals surface area contributed by atoms with Crippen molar-refractivity contribution in [2.24, 2.45) is 0 Å². The molecule has 0 aliphatic carbocycles. The van der Waals surface area contributed by atoms with Gasteiger partial charge >= 0.3 is 48.7 Å². The maximum absolute atomic E-state index is 5.35. The van der Waals surface area contributed by atoms with E-state index in [0.29, 0.717) is 7.93 Å². The van der Waals surface area contributed by atoms with Crippen LogP contribution in [0, 0.1) is 0 Å². The van der Waals surface area contributed by atoms with E-state index in [4.69, 9.17) is 21.3 Å². The fourth-order valence-electron chi connectivity index (χ4n) is 0.0253. The van der Waals surface area contributed by atoms with Crippen molar-refractivity contribution in [3.63, 3.8) is 0 Å². The molecule has 0 saturated heterocycles. The van der Waals surface area contributed by atoms with E-state index in [1.54, 1.807) is 0 Å². The van der Waals surface area contributed by atoms with Gasteiger partial charge in [0.2, 0.25) is 0 Å². The summed E-state index contributed by atoms with van der Waals surface area (Å²) in [4.78, 5) is 1.07. The summed E-state index contributed by atoms with van der Waals surface area (Å²) in [6, 6.07) is 0. The SMILES string of the molecule is ClP[CH2][Ge][Cl]. The molecule has 0 aliphatic rings. The Morgan fingerprint density at radius 2 is 2.40 bits per heavy atom. The predicted octanol–water partition coefficient (Wildman–Crippen LogP) is 1.63. The molecule has 1 unspecified atom stereocenters. The van der Waals surface area contributed by atoms with Crippen molar-refractivity contribution in [3.8, 4) is 0 Å². The van der Waals surface area contributed by atoms with Gasteiger partial charge in [-0.05, 0) is 0 Å². The van der Waals surface area contributed by atoms with Crippen molar-refractivity contribution in [2.45, 2.75) is 0 Å². The number of rotatable bonds is 2. The Labute approximate surface area is 48.8 Å². The topological polar surface area (TPSA) is 0 Å². The molecule has 0 aromatic carbocycles. The van der Waals surface area contributed by atoms with Crippen LogP contribution >= 0.6 is 29.2 Å². The van der Waals surface area contributed by atoms with Gasteiger partial charge < -0.3 is 0 Å². The zero-order chi connectivity index (χ0) is 4.12. The molecule has 0 nitrogen and oxygen atoms in total. The summed E-state index contributed by atoms with van der Waals surface area (Å²) in [5.41, 5.74) is 0. The summed E-state index contributed by atoms with van der Waals surface area (Å²) in [5.74, 6) is 0. The maximum atomic E-state index is 5.35. The molecule has 0 saturated carbocycles. The van der Waals surface area contributed by atoms with Crippen LogP contribution in [0.1, 0.15) is 0 Å². The van der Waals surface area contributed by atoms with Crippen molar-refractivity contribution < 1.29 is 0 Å². The van der Waals surface area contributed by atoms with Crippen LogP contribution in [0.15, 0.2) is 0 Å². The average Bonchev–Trinajstić information content (AvgIpc) is 1.41. The Kier molecular flexibility index (Phi) is 7.28. The van der Waals surface area contributed by atoms with Crippen LogP contribution in [-0.2, 0) is 0 Å². The molecule has 1 atom stereocenters. The Morgan fingerprint density at radius 1 is 1.80 bits per heavy atom. The first-order valence-corrected chi connectivity index (χ1v) is 7.54. The molecule has 0 heterocycles. The van der Waals surface area contributed by atoms with E-state index in [1.807, 2.05) is 0 Å². The molecule has 0 spiro atoms. The second-order valence-corrected chi connectivity index (χ2v) is 6.04. The molecule has 0 aromatic heterocycles. The summed E-state index contributed by atoms with van der Waals surface area (Å²) in [6.07, 6.45) is 0. The predicted molar refractivity (Wildman–Crippen MR) is 30.6 cm³/mol. The van der Waals surface area contributed by atoms with Crippen molar-refractivity contribution in [1.82, 2.24) is 0 Å². The number of hydrogen-bond acceptors (Lipinski definition) is 0. The average molecular weight is 190 g/mol. The Hall–Kier alpha value is 1.55. The van der Waals surface area contributed by atoms with E-state index >= 15 is 0 Å². The molecule has 0 amide bonds. The fourth-order valence-corrected chi connectivity index (χ4v) is 3.54. The molecule has 0 bridgehead atoms. The van der Waals surface area contributed by atoms with E-state index < -0.39 is 0 Å². The van der Waals surface area contributed by atoms with Gasteiger partial charge in [-0.15, -0.1) is 0 Å². The van der Waals surface area contributed by atoms with E-state index in [9.17, 15) is 0 Å². The van der Waals surface area contributed by atoms with Gasteiger partial charge in [-0.1, -0.05) is 0 Å². The quantitative estimate of drug-likeness (QED) is 0.458. The Morgan fingerprint density at radius 3 is 2.40 bits per heavy atom. The van der Waals surface area contributed by atoms with Crippen LogP contribution in [0.25, 0.3) is 0 Å². The van der Waals surface area contributed by atoms with Crippen molar-refractivity contribution in [3.05, 3.63) is 0 Å². The van der Waals surface area contributed by atoms with E-state index in [1.165, 1.54) is 0 Å². The van der Waals surface area contributed by atoms with E-state index in [-0.39, 0.29) is 14.5 Å². The molecule has 0 rings (SSSR count). The van der Waals surface area contributed by atoms with Gasteiger partial charge in [-0.25, -0.2) is 0 Å². The first kappa shape index (κ1) is 6.55. The van der Waals surface area contributed by atoms with Crippen LogP contribution in [0.5, 0.6) is 0 Å². The van der Waals surface area contributed by atoms with Gasteiger partial charge in [0.25, 0.3) is 0 Å². The molecule has 5 heavy (non-hydrogen) atoms. The van der Waals surface area contributed by atoms with Crippen LogP contribution in [0.2, 0.25) is 0 Å². The minimum absolute atomic E-state index is 0.140. The second-order valence-electron chi connectivity index (χ2n) is 0.444. The third-order valence-electron chi connectivity index (χ3n) is 0.134. The van der Waals surface area contributed by atoms with Gasteiger partial charge in [-0.3, -0.25) is 0 Å². The van der Waals surface area contributed by atoms with Gasteiger partial charge in [-0.2, -0.15) is 0 Å². The molecule has 0 N–H and O–H groups in total. The van der Waals surface area contributed by atoms with E-state index in [0.717, 1.165) is 4.99 Å². The number of halogens is 2. The minimum atomic E-state index is -0.140. The van der Waals surface area contributed by atoms with Crippen molar-refractivity contribution >= 4 is 43.7 Å². The summed E-state index contributed by atoms with van der Waals surface area (Å²) >= 11 is 5.14. The summed E-state index contributed by atoms with van der Waals surface area (Å²) in [6.45, 7) is 0. The van der Waals surface area contributed by atoms with Crippen LogP contribution in [-0.4, -0.2) is 19.5 Å². The number of hydrogen-bond donors (Lipinski definition) is 0. The first-order chi connectivity index (χ1) is 2.41. The van der Waals surface area contributed by atoms with Gasteiger partial charge in [0.1, 0.15) is 0 Å². The van der Waals surface area contributed by atoms with Crippen LogP contribution < -0.4 is 0 Å². The van der Waals surface area contributed by atoms with Gasteiger partial charge in [0, 0.05) is 0 Å². The standard InChI is InChI=1S/CH3Cl2GeP/c2-4-1-5-3/h5H,1H2. The molecule has 0 aromatic rings. The molecular weight excluding hydrogens is 187 g/mol. The van der Waals surface area contributed by atoms with Crippen LogP contribution in [0.3, 0.4) is 0 Å². The third-order valence-corrected chi connectivity index (χ3v) is 6.25. The second kappa shape index (κ2) is 5.55. The molecule has 30 valence electrons. The van der Waals surface area contributed by atoms with E-state index in [2.05, 4.69) is 0 Å². The monoisotopic (exact) mass is 190 g/mol. The molecule has 0 aliphatic heterocycles. The molecular formula is CH3Cl2GeP. The Bertz CT molecular complexity index is 17.1.